The third-order valence-corrected chi connectivity index (χ3v) is 2.79. The van der Waals surface area contributed by atoms with Crippen molar-refractivity contribution in [2.75, 3.05) is 18.5 Å². The molecule has 4 nitrogen and oxygen atoms in total. The lowest BCUT2D eigenvalue weighted by Crippen LogP contribution is -2.28. The molecule has 0 atom stereocenters. The van der Waals surface area contributed by atoms with Gasteiger partial charge in [-0.3, -0.25) is 0 Å². The van der Waals surface area contributed by atoms with Gasteiger partial charge in [-0.15, -0.1) is 0 Å². The van der Waals surface area contributed by atoms with Gasteiger partial charge in [-0.05, 0) is 31.0 Å². The van der Waals surface area contributed by atoms with Crippen LogP contribution in [0.3, 0.4) is 0 Å². The lowest BCUT2D eigenvalue weighted by Gasteiger charge is -2.24. The van der Waals surface area contributed by atoms with Crippen molar-refractivity contribution in [3.8, 4) is 0 Å². The maximum atomic E-state index is 13.5. The maximum absolute atomic E-state index is 13.5. The predicted molar refractivity (Wildman–Crippen MR) is 60.8 cm³/mol. The Morgan fingerprint density at radius 2 is 2.12 bits per heavy atom. The number of hydrogen-bond donors (Lipinski definition) is 2. The highest BCUT2D eigenvalue weighted by Crippen LogP contribution is 2.20. The van der Waals surface area contributed by atoms with Crippen LogP contribution in [0.2, 0.25) is 0 Å². The van der Waals surface area contributed by atoms with Gasteiger partial charge in [0.25, 0.3) is 0 Å². The molecular formula is C12H14FNO3. The van der Waals surface area contributed by atoms with Gasteiger partial charge in [0.05, 0.1) is 11.3 Å². The van der Waals surface area contributed by atoms with Crippen molar-refractivity contribution in [3.05, 3.63) is 29.6 Å². The average Bonchev–Trinajstić information content (AvgIpc) is 2.33. The lowest BCUT2D eigenvalue weighted by molar-refractivity contribution is 0.0696. The first-order valence-corrected chi connectivity index (χ1v) is 5.54. The molecule has 0 spiro atoms. The summed E-state index contributed by atoms with van der Waals surface area (Å²) >= 11 is 0. The SMILES string of the molecule is O=C(O)c1ccc(F)c(NC2CCOCC2)c1. The molecule has 1 aromatic carbocycles. The van der Waals surface area contributed by atoms with Crippen LogP contribution in [0.25, 0.3) is 0 Å². The number of carboxylic acid groups (broad SMARTS) is 1. The zero-order chi connectivity index (χ0) is 12.3. The van der Waals surface area contributed by atoms with Crippen LogP contribution in [0.5, 0.6) is 0 Å². The predicted octanol–water partition coefficient (Wildman–Crippen LogP) is 2.11. The number of carbonyl (C=O) groups is 1. The molecule has 0 unspecified atom stereocenters. The third-order valence-electron chi connectivity index (χ3n) is 2.79. The quantitative estimate of drug-likeness (QED) is 0.848. The molecule has 0 aromatic heterocycles. The minimum absolute atomic E-state index is 0.0842. The summed E-state index contributed by atoms with van der Waals surface area (Å²) in [4.78, 5) is 10.8. The topological polar surface area (TPSA) is 58.6 Å². The van der Waals surface area contributed by atoms with Crippen LogP contribution >= 0.6 is 0 Å². The molecular weight excluding hydrogens is 225 g/mol. The summed E-state index contributed by atoms with van der Waals surface area (Å²) in [7, 11) is 0. The highest BCUT2D eigenvalue weighted by atomic mass is 19.1. The molecule has 1 aliphatic heterocycles. The Morgan fingerprint density at radius 3 is 2.76 bits per heavy atom. The maximum Gasteiger partial charge on any atom is 0.335 e. The first-order valence-electron chi connectivity index (χ1n) is 5.54. The normalized spacial score (nSPS) is 16.8. The van der Waals surface area contributed by atoms with Crippen LogP contribution in [0.4, 0.5) is 10.1 Å². The van der Waals surface area contributed by atoms with Crippen LogP contribution in [0, 0.1) is 5.82 Å². The molecule has 1 fully saturated rings. The summed E-state index contributed by atoms with van der Waals surface area (Å²) in [6.07, 6.45) is 1.60. The van der Waals surface area contributed by atoms with Crippen LogP contribution < -0.4 is 5.32 Å². The number of ether oxygens (including phenoxy) is 1. The van der Waals surface area contributed by atoms with Gasteiger partial charge in [-0.1, -0.05) is 0 Å². The second kappa shape index (κ2) is 5.14. The van der Waals surface area contributed by atoms with Gasteiger partial charge in [-0.2, -0.15) is 0 Å². The molecule has 1 heterocycles. The van der Waals surface area contributed by atoms with Gasteiger partial charge in [-0.25, -0.2) is 9.18 Å². The summed E-state index contributed by atoms with van der Waals surface area (Å²) in [5.41, 5.74) is 0.331. The number of benzene rings is 1. The van der Waals surface area contributed by atoms with Crippen molar-refractivity contribution in [3.63, 3.8) is 0 Å². The van der Waals surface area contributed by atoms with E-state index in [9.17, 15) is 9.18 Å². The summed E-state index contributed by atoms with van der Waals surface area (Å²) in [6.45, 7) is 1.30. The van der Waals surface area contributed by atoms with E-state index in [1.54, 1.807) is 0 Å². The Bertz CT molecular complexity index is 416. The summed E-state index contributed by atoms with van der Waals surface area (Å²) in [6, 6.07) is 3.90. The van der Waals surface area contributed by atoms with E-state index in [2.05, 4.69) is 5.32 Å². The Labute approximate surface area is 98.4 Å². The molecule has 0 aliphatic carbocycles. The number of aromatic carboxylic acids is 1. The van der Waals surface area contributed by atoms with E-state index in [0.717, 1.165) is 12.8 Å². The second-order valence-electron chi connectivity index (χ2n) is 4.03. The van der Waals surface area contributed by atoms with Gasteiger partial charge in [0.2, 0.25) is 0 Å². The fourth-order valence-electron chi connectivity index (χ4n) is 1.83. The molecule has 0 bridgehead atoms. The van der Waals surface area contributed by atoms with Crippen molar-refractivity contribution in [2.45, 2.75) is 18.9 Å². The molecule has 1 saturated heterocycles. The second-order valence-corrected chi connectivity index (χ2v) is 4.03. The monoisotopic (exact) mass is 239 g/mol. The van der Waals surface area contributed by atoms with Crippen molar-refractivity contribution in [2.24, 2.45) is 0 Å². The van der Waals surface area contributed by atoms with Gasteiger partial charge >= 0.3 is 5.97 Å². The van der Waals surface area contributed by atoms with Gasteiger partial charge in [0, 0.05) is 19.3 Å². The molecule has 0 amide bonds. The van der Waals surface area contributed by atoms with Gasteiger partial charge < -0.3 is 15.2 Å². The fraction of sp³-hybridized carbons (Fsp3) is 0.417. The summed E-state index contributed by atoms with van der Waals surface area (Å²) < 4.78 is 18.7. The standard InChI is InChI=1S/C12H14FNO3/c13-10-2-1-8(12(15)16)7-11(10)14-9-3-5-17-6-4-9/h1-2,7,9,14H,3-6H2,(H,15,16). The summed E-state index contributed by atoms with van der Waals surface area (Å²) in [5, 5.41) is 11.9. The van der Waals surface area contributed by atoms with Crippen LogP contribution in [0.15, 0.2) is 18.2 Å². The molecule has 17 heavy (non-hydrogen) atoms. The molecule has 2 rings (SSSR count). The average molecular weight is 239 g/mol. The number of carboxylic acids is 1. The zero-order valence-corrected chi connectivity index (χ0v) is 9.28. The van der Waals surface area contributed by atoms with Crippen LogP contribution in [0.1, 0.15) is 23.2 Å². The van der Waals surface area contributed by atoms with Crippen molar-refractivity contribution < 1.29 is 19.0 Å². The van der Waals surface area contributed by atoms with E-state index in [-0.39, 0.29) is 17.3 Å². The van der Waals surface area contributed by atoms with E-state index in [1.807, 2.05) is 0 Å². The van der Waals surface area contributed by atoms with Crippen molar-refractivity contribution in [1.29, 1.82) is 0 Å². The Hall–Kier alpha value is -1.62. The molecule has 0 saturated carbocycles. The molecule has 1 aliphatic rings. The number of rotatable bonds is 3. The van der Waals surface area contributed by atoms with E-state index >= 15 is 0 Å². The smallest absolute Gasteiger partial charge is 0.335 e. The molecule has 1 aromatic rings. The first-order chi connectivity index (χ1) is 8.16. The Morgan fingerprint density at radius 1 is 1.41 bits per heavy atom. The minimum atomic E-state index is -1.06. The van der Waals surface area contributed by atoms with Crippen molar-refractivity contribution >= 4 is 11.7 Å². The van der Waals surface area contributed by atoms with Crippen LogP contribution in [-0.2, 0) is 4.74 Å². The van der Waals surface area contributed by atoms with Crippen LogP contribution in [-0.4, -0.2) is 30.3 Å². The fourth-order valence-corrected chi connectivity index (χ4v) is 1.83. The highest BCUT2D eigenvalue weighted by molar-refractivity contribution is 5.88. The summed E-state index contributed by atoms with van der Waals surface area (Å²) in [5.74, 6) is -1.48. The number of anilines is 1. The van der Waals surface area contributed by atoms with E-state index in [4.69, 9.17) is 9.84 Å². The Kier molecular flexibility index (Phi) is 3.58. The van der Waals surface area contributed by atoms with E-state index in [1.165, 1.54) is 18.2 Å². The number of hydrogen-bond acceptors (Lipinski definition) is 3. The lowest BCUT2D eigenvalue weighted by atomic mass is 10.1. The minimum Gasteiger partial charge on any atom is -0.478 e. The largest absolute Gasteiger partial charge is 0.478 e. The third kappa shape index (κ3) is 2.94. The molecule has 5 heteroatoms. The van der Waals surface area contributed by atoms with Gasteiger partial charge in [0.1, 0.15) is 5.82 Å². The molecule has 2 N–H and O–H groups in total. The number of nitrogens with one attached hydrogen (secondary N) is 1. The number of halogens is 1. The first kappa shape index (κ1) is 11.9. The van der Waals surface area contributed by atoms with E-state index in [0.29, 0.717) is 13.2 Å². The van der Waals surface area contributed by atoms with Gasteiger partial charge in [0.15, 0.2) is 0 Å². The van der Waals surface area contributed by atoms with E-state index < -0.39 is 11.8 Å². The highest BCUT2D eigenvalue weighted by Gasteiger charge is 2.16. The molecule has 0 radical (unpaired) electrons. The zero-order valence-electron chi connectivity index (χ0n) is 9.28. The van der Waals surface area contributed by atoms with Crippen molar-refractivity contribution in [1.82, 2.24) is 0 Å². The Balaban J connectivity index is 2.13. The molecule has 92 valence electrons.